The third-order valence-electron chi connectivity index (χ3n) is 2.96. The SMILES string of the molecule is N#CC1CC2CC1C(=NO)C2Cl. The second-order valence-electron chi connectivity index (χ2n) is 3.50. The molecule has 4 heteroatoms. The number of hydrogen-bond acceptors (Lipinski definition) is 3. The van der Waals surface area contributed by atoms with Crippen molar-refractivity contribution in [3.8, 4) is 6.07 Å². The lowest BCUT2D eigenvalue weighted by Crippen LogP contribution is -2.28. The lowest BCUT2D eigenvalue weighted by atomic mass is 9.88. The van der Waals surface area contributed by atoms with Gasteiger partial charge in [0, 0.05) is 5.92 Å². The predicted molar refractivity (Wildman–Crippen MR) is 44.2 cm³/mol. The average Bonchev–Trinajstić information content (AvgIpc) is 2.61. The summed E-state index contributed by atoms with van der Waals surface area (Å²) in [6.07, 6.45) is 1.79. The van der Waals surface area contributed by atoms with Gasteiger partial charge in [0.25, 0.3) is 0 Å². The Morgan fingerprint density at radius 3 is 2.83 bits per heavy atom. The zero-order valence-electron chi connectivity index (χ0n) is 6.44. The van der Waals surface area contributed by atoms with Crippen molar-refractivity contribution in [1.29, 1.82) is 5.26 Å². The Bertz CT molecular complexity index is 271. The molecule has 4 unspecified atom stereocenters. The van der Waals surface area contributed by atoms with Gasteiger partial charge in [-0.1, -0.05) is 5.16 Å². The zero-order chi connectivity index (χ0) is 8.72. The maximum atomic E-state index is 8.76. The molecule has 0 heterocycles. The largest absolute Gasteiger partial charge is 0.411 e. The number of nitriles is 1. The molecule has 0 saturated heterocycles. The minimum absolute atomic E-state index is 0.0240. The molecular weight excluding hydrogens is 176 g/mol. The van der Waals surface area contributed by atoms with E-state index < -0.39 is 0 Å². The first-order valence-corrected chi connectivity index (χ1v) is 4.47. The molecule has 0 amide bonds. The average molecular weight is 185 g/mol. The van der Waals surface area contributed by atoms with E-state index in [-0.39, 0.29) is 17.2 Å². The van der Waals surface area contributed by atoms with E-state index in [4.69, 9.17) is 22.1 Å². The fraction of sp³-hybridized carbons (Fsp3) is 0.750. The molecule has 3 nitrogen and oxygen atoms in total. The Balaban J connectivity index is 2.27. The monoisotopic (exact) mass is 184 g/mol. The summed E-state index contributed by atoms with van der Waals surface area (Å²) in [7, 11) is 0. The summed E-state index contributed by atoms with van der Waals surface area (Å²) in [6, 6.07) is 2.23. The van der Waals surface area contributed by atoms with Gasteiger partial charge in [-0.2, -0.15) is 5.26 Å². The quantitative estimate of drug-likeness (QED) is 0.353. The normalized spacial score (nSPS) is 48.2. The molecule has 2 saturated carbocycles. The summed E-state index contributed by atoms with van der Waals surface area (Å²) >= 11 is 6.00. The van der Waals surface area contributed by atoms with Crippen molar-refractivity contribution >= 4 is 17.3 Å². The molecule has 0 aromatic carbocycles. The van der Waals surface area contributed by atoms with Gasteiger partial charge in [0.15, 0.2) is 0 Å². The maximum absolute atomic E-state index is 8.76. The molecule has 0 spiro atoms. The first-order valence-electron chi connectivity index (χ1n) is 4.03. The van der Waals surface area contributed by atoms with E-state index in [9.17, 15) is 0 Å². The van der Waals surface area contributed by atoms with Crippen LogP contribution >= 0.6 is 11.6 Å². The predicted octanol–water partition coefficient (Wildman–Crippen LogP) is 1.60. The number of alkyl halides is 1. The Morgan fingerprint density at radius 1 is 1.58 bits per heavy atom. The number of halogens is 1. The van der Waals surface area contributed by atoms with Crippen LogP contribution in [0, 0.1) is 29.1 Å². The standard InChI is InChI=1S/C8H9ClN2O/c9-7-4-1-5(3-10)6(2-4)8(7)11-12/h4-7,12H,1-2H2. The van der Waals surface area contributed by atoms with Crippen molar-refractivity contribution in [1.82, 2.24) is 0 Å². The highest BCUT2D eigenvalue weighted by Gasteiger charge is 2.50. The Labute approximate surface area is 75.6 Å². The topological polar surface area (TPSA) is 56.4 Å². The van der Waals surface area contributed by atoms with Crippen LogP contribution < -0.4 is 0 Å². The fourth-order valence-corrected chi connectivity index (χ4v) is 2.77. The minimum Gasteiger partial charge on any atom is -0.411 e. The van der Waals surface area contributed by atoms with Crippen molar-refractivity contribution in [3.63, 3.8) is 0 Å². The third kappa shape index (κ3) is 0.848. The summed E-state index contributed by atoms with van der Waals surface area (Å²) in [4.78, 5) is 0. The van der Waals surface area contributed by atoms with Gasteiger partial charge in [-0.15, -0.1) is 11.6 Å². The molecule has 2 aliphatic carbocycles. The highest BCUT2D eigenvalue weighted by Crippen LogP contribution is 2.48. The summed E-state index contributed by atoms with van der Waals surface area (Å²) < 4.78 is 0. The zero-order valence-corrected chi connectivity index (χ0v) is 7.20. The molecule has 64 valence electrons. The van der Waals surface area contributed by atoms with Gasteiger partial charge in [-0.05, 0) is 18.8 Å². The molecule has 0 radical (unpaired) electrons. The van der Waals surface area contributed by atoms with Gasteiger partial charge in [0.2, 0.25) is 0 Å². The van der Waals surface area contributed by atoms with Crippen LogP contribution in [-0.2, 0) is 0 Å². The highest BCUT2D eigenvalue weighted by atomic mass is 35.5. The van der Waals surface area contributed by atoms with Crippen LogP contribution in [0.3, 0.4) is 0 Å². The molecule has 12 heavy (non-hydrogen) atoms. The highest BCUT2D eigenvalue weighted by molar-refractivity contribution is 6.33. The lowest BCUT2D eigenvalue weighted by molar-refractivity contribution is 0.311. The fourth-order valence-electron chi connectivity index (χ4n) is 2.36. The van der Waals surface area contributed by atoms with E-state index in [1.165, 1.54) is 0 Å². The smallest absolute Gasteiger partial charge is 0.0795 e. The summed E-state index contributed by atoms with van der Waals surface area (Å²) in [6.45, 7) is 0. The second kappa shape index (κ2) is 2.63. The molecular formula is C8H9ClN2O. The maximum Gasteiger partial charge on any atom is 0.0795 e. The molecule has 0 aliphatic heterocycles. The number of nitrogens with zero attached hydrogens (tertiary/aromatic N) is 2. The van der Waals surface area contributed by atoms with Crippen LogP contribution in [0.25, 0.3) is 0 Å². The third-order valence-corrected chi connectivity index (χ3v) is 3.54. The first-order chi connectivity index (χ1) is 5.77. The van der Waals surface area contributed by atoms with Crippen LogP contribution in [0.4, 0.5) is 0 Å². The summed E-state index contributed by atoms with van der Waals surface area (Å²) in [5.41, 5.74) is 0.625. The molecule has 0 aromatic rings. The van der Waals surface area contributed by atoms with E-state index in [2.05, 4.69) is 11.2 Å². The van der Waals surface area contributed by atoms with Crippen molar-refractivity contribution in [2.24, 2.45) is 22.9 Å². The molecule has 2 aliphatic rings. The molecule has 2 fully saturated rings. The summed E-state index contributed by atoms with van der Waals surface area (Å²) in [5, 5.41) is 20.5. The van der Waals surface area contributed by atoms with Crippen molar-refractivity contribution in [2.75, 3.05) is 0 Å². The Morgan fingerprint density at radius 2 is 2.33 bits per heavy atom. The van der Waals surface area contributed by atoms with Crippen LogP contribution in [0.2, 0.25) is 0 Å². The molecule has 1 N–H and O–H groups in total. The lowest BCUT2D eigenvalue weighted by Gasteiger charge is -2.19. The van der Waals surface area contributed by atoms with E-state index >= 15 is 0 Å². The van der Waals surface area contributed by atoms with Crippen LogP contribution in [-0.4, -0.2) is 16.3 Å². The van der Waals surface area contributed by atoms with Crippen LogP contribution in [0.1, 0.15) is 12.8 Å². The first kappa shape index (κ1) is 7.88. The van der Waals surface area contributed by atoms with Gasteiger partial charge >= 0.3 is 0 Å². The van der Waals surface area contributed by atoms with E-state index in [1.807, 2.05) is 0 Å². The number of fused-ring (bicyclic) bond motifs is 2. The van der Waals surface area contributed by atoms with E-state index in [1.54, 1.807) is 0 Å². The summed E-state index contributed by atoms with van der Waals surface area (Å²) in [5.74, 6) is 0.496. The van der Waals surface area contributed by atoms with Gasteiger partial charge in [0.1, 0.15) is 0 Å². The van der Waals surface area contributed by atoms with Crippen molar-refractivity contribution in [3.05, 3.63) is 0 Å². The molecule has 4 atom stereocenters. The molecule has 0 aromatic heterocycles. The molecule has 2 rings (SSSR count). The minimum atomic E-state index is -0.135. The number of oxime groups is 1. The Kier molecular flexibility index (Phi) is 1.73. The second-order valence-corrected chi connectivity index (χ2v) is 3.97. The Hall–Kier alpha value is -0.750. The van der Waals surface area contributed by atoms with E-state index in [0.29, 0.717) is 11.6 Å². The van der Waals surface area contributed by atoms with E-state index in [0.717, 1.165) is 12.8 Å². The van der Waals surface area contributed by atoms with Gasteiger partial charge in [0.05, 0.1) is 23.1 Å². The van der Waals surface area contributed by atoms with Gasteiger partial charge < -0.3 is 5.21 Å². The van der Waals surface area contributed by atoms with Crippen LogP contribution in [0.5, 0.6) is 0 Å². The molecule has 2 bridgehead atoms. The van der Waals surface area contributed by atoms with Gasteiger partial charge in [-0.3, -0.25) is 0 Å². The number of rotatable bonds is 0. The number of hydrogen-bond donors (Lipinski definition) is 1. The van der Waals surface area contributed by atoms with Crippen molar-refractivity contribution in [2.45, 2.75) is 18.2 Å². The van der Waals surface area contributed by atoms with Crippen LogP contribution in [0.15, 0.2) is 5.16 Å². The van der Waals surface area contributed by atoms with Gasteiger partial charge in [-0.25, -0.2) is 0 Å². The van der Waals surface area contributed by atoms with Crippen molar-refractivity contribution < 1.29 is 5.21 Å².